The van der Waals surface area contributed by atoms with Gasteiger partial charge in [0.1, 0.15) is 5.82 Å². The monoisotopic (exact) mass is 492 g/mol. The lowest BCUT2D eigenvalue weighted by Crippen LogP contribution is -2.45. The van der Waals surface area contributed by atoms with Crippen LogP contribution in [0.1, 0.15) is 39.9 Å². The van der Waals surface area contributed by atoms with Gasteiger partial charge in [-0.1, -0.05) is 51.8 Å². The predicted octanol–water partition coefficient (Wildman–Crippen LogP) is 6.09. The van der Waals surface area contributed by atoms with E-state index in [0.29, 0.717) is 12.1 Å². The smallest absolute Gasteiger partial charge is 0.258 e. The Labute approximate surface area is 197 Å². The minimum atomic E-state index is -0.234. The molecule has 5 rings (SSSR count). The van der Waals surface area contributed by atoms with Crippen molar-refractivity contribution in [1.82, 2.24) is 4.90 Å². The number of carbonyl (C=O) groups excluding carboxylic acids is 1. The molecule has 1 fully saturated rings. The van der Waals surface area contributed by atoms with E-state index >= 15 is 0 Å². The maximum absolute atomic E-state index is 14.3. The number of piperidine rings is 1. The van der Waals surface area contributed by atoms with Gasteiger partial charge in [-0.15, -0.1) is 0 Å². The summed E-state index contributed by atoms with van der Waals surface area (Å²) in [4.78, 5) is 17.7. The van der Waals surface area contributed by atoms with Crippen molar-refractivity contribution >= 4 is 27.5 Å². The maximum atomic E-state index is 14.3. The Bertz CT molecular complexity index is 1170. The second-order valence-corrected chi connectivity index (χ2v) is 10.0. The van der Waals surface area contributed by atoms with Crippen LogP contribution in [0, 0.1) is 12.7 Å². The van der Waals surface area contributed by atoms with Crippen molar-refractivity contribution in [2.45, 2.75) is 31.7 Å². The molecule has 2 aliphatic heterocycles. The fraction of sp³-hybridized carbons (Fsp3) is 0.296. The molecule has 3 aromatic rings. The first kappa shape index (κ1) is 21.4. The molecule has 2 aliphatic rings. The third kappa shape index (κ3) is 4.00. The van der Waals surface area contributed by atoms with Crippen molar-refractivity contribution in [2.75, 3.05) is 24.5 Å². The zero-order valence-electron chi connectivity index (χ0n) is 18.2. The van der Waals surface area contributed by atoms with E-state index in [-0.39, 0.29) is 17.1 Å². The standard InChI is InChI=1S/C27H26BrFN2O/c1-19-4-2-5-20(14-19)17-30-12-10-27(11-13-30)18-31(25-9-8-23(29)16-24(25)27)26(32)21-6-3-7-22(28)15-21/h2-9,14-16H,10-13,17-18H2,1H3. The average Bonchev–Trinajstić information content (AvgIpc) is 3.08. The summed E-state index contributed by atoms with van der Waals surface area (Å²) >= 11 is 3.46. The summed E-state index contributed by atoms with van der Waals surface area (Å²) in [5.41, 5.74) is 4.88. The average molecular weight is 493 g/mol. The quantitative estimate of drug-likeness (QED) is 0.441. The summed E-state index contributed by atoms with van der Waals surface area (Å²) in [5, 5.41) is 0. The first-order chi connectivity index (χ1) is 15.4. The van der Waals surface area contributed by atoms with E-state index in [2.05, 4.69) is 52.0 Å². The van der Waals surface area contributed by atoms with Crippen LogP contribution in [0.25, 0.3) is 0 Å². The molecular weight excluding hydrogens is 467 g/mol. The molecule has 3 aromatic carbocycles. The van der Waals surface area contributed by atoms with E-state index in [1.54, 1.807) is 12.1 Å². The normalized spacial score (nSPS) is 17.5. The number of benzene rings is 3. The largest absolute Gasteiger partial charge is 0.307 e. The number of aryl methyl sites for hydroxylation is 1. The molecule has 0 unspecified atom stereocenters. The van der Waals surface area contributed by atoms with Gasteiger partial charge in [-0.25, -0.2) is 4.39 Å². The van der Waals surface area contributed by atoms with Crippen molar-refractivity contribution in [1.29, 1.82) is 0 Å². The summed E-state index contributed by atoms with van der Waals surface area (Å²) in [6.07, 6.45) is 1.83. The van der Waals surface area contributed by atoms with E-state index in [1.165, 1.54) is 17.2 Å². The molecule has 0 aliphatic carbocycles. The lowest BCUT2D eigenvalue weighted by atomic mass is 9.74. The zero-order valence-corrected chi connectivity index (χ0v) is 19.7. The van der Waals surface area contributed by atoms with Gasteiger partial charge in [-0.05, 0) is 80.4 Å². The van der Waals surface area contributed by atoms with Crippen LogP contribution in [0.3, 0.4) is 0 Å². The Morgan fingerprint density at radius 2 is 1.81 bits per heavy atom. The van der Waals surface area contributed by atoms with Gasteiger partial charge >= 0.3 is 0 Å². The molecular formula is C27H26BrFN2O. The Balaban J connectivity index is 1.39. The molecule has 3 nitrogen and oxygen atoms in total. The van der Waals surface area contributed by atoms with Crippen molar-refractivity contribution in [3.8, 4) is 0 Å². The number of halogens is 2. The molecule has 1 spiro atoms. The van der Waals surface area contributed by atoms with E-state index in [9.17, 15) is 9.18 Å². The Kier molecular flexibility index (Phi) is 5.64. The molecule has 0 aromatic heterocycles. The first-order valence-electron chi connectivity index (χ1n) is 11.1. The van der Waals surface area contributed by atoms with Crippen LogP contribution in [0.5, 0.6) is 0 Å². The Hall–Kier alpha value is -2.50. The second-order valence-electron chi connectivity index (χ2n) is 9.11. The Morgan fingerprint density at radius 1 is 1.03 bits per heavy atom. The molecule has 0 radical (unpaired) electrons. The summed E-state index contributed by atoms with van der Waals surface area (Å²) in [6.45, 7) is 5.52. The van der Waals surface area contributed by atoms with Gasteiger partial charge in [0.15, 0.2) is 0 Å². The Morgan fingerprint density at radius 3 is 2.56 bits per heavy atom. The number of likely N-dealkylation sites (tertiary alicyclic amines) is 1. The van der Waals surface area contributed by atoms with E-state index in [1.807, 2.05) is 29.2 Å². The summed E-state index contributed by atoms with van der Waals surface area (Å²) in [5.74, 6) is -0.264. The van der Waals surface area contributed by atoms with E-state index in [0.717, 1.165) is 48.2 Å². The van der Waals surface area contributed by atoms with Gasteiger partial charge in [0, 0.05) is 34.2 Å². The number of amides is 1. The molecule has 164 valence electrons. The number of carbonyl (C=O) groups is 1. The van der Waals surface area contributed by atoms with Crippen LogP contribution in [0.15, 0.2) is 71.2 Å². The number of hydrogen-bond acceptors (Lipinski definition) is 2. The number of hydrogen-bond donors (Lipinski definition) is 0. The molecule has 1 saturated heterocycles. The van der Waals surface area contributed by atoms with Crippen LogP contribution in [-0.2, 0) is 12.0 Å². The molecule has 2 heterocycles. The predicted molar refractivity (Wildman–Crippen MR) is 130 cm³/mol. The fourth-order valence-corrected chi connectivity index (χ4v) is 5.63. The van der Waals surface area contributed by atoms with Crippen LogP contribution in [-0.4, -0.2) is 30.4 Å². The highest BCUT2D eigenvalue weighted by Gasteiger charge is 2.46. The SMILES string of the molecule is Cc1cccc(CN2CCC3(CC2)CN(C(=O)c2cccc(Br)c2)c2ccc(F)cc23)c1. The number of anilines is 1. The molecule has 0 atom stereocenters. The lowest BCUT2D eigenvalue weighted by molar-refractivity contribution is 0.0975. The van der Waals surface area contributed by atoms with Gasteiger partial charge in [-0.3, -0.25) is 9.69 Å². The van der Waals surface area contributed by atoms with Gasteiger partial charge < -0.3 is 4.90 Å². The highest BCUT2D eigenvalue weighted by atomic mass is 79.9. The number of rotatable bonds is 3. The van der Waals surface area contributed by atoms with Gasteiger partial charge in [0.2, 0.25) is 0 Å². The first-order valence-corrected chi connectivity index (χ1v) is 11.9. The van der Waals surface area contributed by atoms with Crippen molar-refractivity contribution in [3.05, 3.63) is 99.3 Å². The van der Waals surface area contributed by atoms with Crippen LogP contribution < -0.4 is 4.90 Å². The van der Waals surface area contributed by atoms with Gasteiger partial charge in [-0.2, -0.15) is 0 Å². The third-order valence-corrected chi connectivity index (χ3v) is 7.39. The van der Waals surface area contributed by atoms with E-state index in [4.69, 9.17) is 0 Å². The van der Waals surface area contributed by atoms with Gasteiger partial charge in [0.25, 0.3) is 5.91 Å². The zero-order chi connectivity index (χ0) is 22.3. The molecule has 0 saturated carbocycles. The molecule has 5 heteroatoms. The second kappa shape index (κ2) is 8.45. The minimum absolute atomic E-state index is 0.0294. The van der Waals surface area contributed by atoms with Crippen LogP contribution >= 0.6 is 15.9 Å². The van der Waals surface area contributed by atoms with Crippen molar-refractivity contribution in [2.24, 2.45) is 0 Å². The number of nitrogens with zero attached hydrogens (tertiary/aromatic N) is 2. The number of fused-ring (bicyclic) bond motifs is 2. The third-order valence-electron chi connectivity index (χ3n) is 6.90. The fourth-order valence-electron chi connectivity index (χ4n) is 5.24. The van der Waals surface area contributed by atoms with E-state index < -0.39 is 0 Å². The minimum Gasteiger partial charge on any atom is -0.307 e. The highest BCUT2D eigenvalue weighted by Crippen LogP contribution is 2.48. The molecule has 0 bridgehead atoms. The topological polar surface area (TPSA) is 23.6 Å². The molecule has 1 amide bonds. The maximum Gasteiger partial charge on any atom is 0.258 e. The summed E-state index contributed by atoms with van der Waals surface area (Å²) in [7, 11) is 0. The summed E-state index contributed by atoms with van der Waals surface area (Å²) < 4.78 is 15.2. The van der Waals surface area contributed by atoms with Crippen molar-refractivity contribution < 1.29 is 9.18 Å². The highest BCUT2D eigenvalue weighted by molar-refractivity contribution is 9.10. The molecule has 0 N–H and O–H groups in total. The lowest BCUT2D eigenvalue weighted by Gasteiger charge is -2.40. The molecule has 32 heavy (non-hydrogen) atoms. The van der Waals surface area contributed by atoms with Crippen LogP contribution in [0.2, 0.25) is 0 Å². The van der Waals surface area contributed by atoms with Gasteiger partial charge in [0.05, 0.1) is 0 Å². The van der Waals surface area contributed by atoms with Crippen LogP contribution in [0.4, 0.5) is 10.1 Å². The van der Waals surface area contributed by atoms with Crippen molar-refractivity contribution in [3.63, 3.8) is 0 Å². The summed E-state index contributed by atoms with van der Waals surface area (Å²) in [6, 6.07) is 21.0.